The summed E-state index contributed by atoms with van der Waals surface area (Å²) in [6.07, 6.45) is 3.18. The van der Waals surface area contributed by atoms with Gasteiger partial charge in [-0.05, 0) is 49.9 Å². The second-order valence-electron chi connectivity index (χ2n) is 7.22. The van der Waals surface area contributed by atoms with E-state index in [9.17, 15) is 9.59 Å². The summed E-state index contributed by atoms with van der Waals surface area (Å²) in [5.74, 6) is -0.585. The molecule has 0 atom stereocenters. The lowest BCUT2D eigenvalue weighted by molar-refractivity contribution is -0.135. The zero-order valence-corrected chi connectivity index (χ0v) is 17.8. The molecule has 3 heterocycles. The Kier molecular flexibility index (Phi) is 5.87. The van der Waals surface area contributed by atoms with Crippen LogP contribution in [-0.4, -0.2) is 46.3 Å². The molecular formula is C21H22ClN3O3S. The molecule has 0 bridgehead atoms. The van der Waals surface area contributed by atoms with Crippen LogP contribution in [0.3, 0.4) is 0 Å². The van der Waals surface area contributed by atoms with Crippen molar-refractivity contribution in [1.82, 2.24) is 14.7 Å². The van der Waals surface area contributed by atoms with Crippen molar-refractivity contribution in [1.29, 1.82) is 0 Å². The van der Waals surface area contributed by atoms with E-state index in [1.807, 2.05) is 35.9 Å². The minimum absolute atomic E-state index is 0.121. The smallest absolute Gasteiger partial charge is 0.348 e. The third-order valence-electron chi connectivity index (χ3n) is 5.09. The number of esters is 1. The molecule has 1 aliphatic heterocycles. The number of nitrogens with zero attached hydrogens (tertiary/aromatic N) is 3. The third-order valence-corrected chi connectivity index (χ3v) is 6.47. The molecule has 29 heavy (non-hydrogen) atoms. The Morgan fingerprint density at radius 3 is 2.62 bits per heavy atom. The van der Waals surface area contributed by atoms with Crippen LogP contribution >= 0.6 is 22.9 Å². The first kappa shape index (κ1) is 19.9. The fourth-order valence-electron chi connectivity index (χ4n) is 3.52. The fourth-order valence-corrected chi connectivity index (χ4v) is 4.70. The molecule has 0 spiro atoms. The predicted octanol–water partition coefficient (Wildman–Crippen LogP) is 4.28. The van der Waals surface area contributed by atoms with Gasteiger partial charge in [-0.25, -0.2) is 4.79 Å². The van der Waals surface area contributed by atoms with E-state index in [0.29, 0.717) is 16.4 Å². The molecule has 4 rings (SSSR count). The van der Waals surface area contributed by atoms with Gasteiger partial charge in [-0.15, -0.1) is 11.3 Å². The highest BCUT2D eigenvalue weighted by Crippen LogP contribution is 2.29. The Morgan fingerprint density at radius 2 is 1.90 bits per heavy atom. The van der Waals surface area contributed by atoms with E-state index in [-0.39, 0.29) is 12.5 Å². The Morgan fingerprint density at radius 1 is 1.17 bits per heavy atom. The molecule has 0 unspecified atom stereocenters. The van der Waals surface area contributed by atoms with Crippen molar-refractivity contribution in [3.05, 3.63) is 51.5 Å². The van der Waals surface area contributed by atoms with Gasteiger partial charge in [0.1, 0.15) is 9.71 Å². The molecule has 2 aromatic heterocycles. The summed E-state index contributed by atoms with van der Waals surface area (Å²) in [6.45, 7) is 3.80. The number of thiophene rings is 1. The number of rotatable bonds is 5. The van der Waals surface area contributed by atoms with Crippen LogP contribution in [0.1, 0.15) is 40.2 Å². The van der Waals surface area contributed by atoms with Gasteiger partial charge >= 0.3 is 5.97 Å². The van der Waals surface area contributed by atoms with Gasteiger partial charge in [0.25, 0.3) is 5.91 Å². The average molecular weight is 432 g/mol. The maximum atomic E-state index is 12.5. The van der Waals surface area contributed by atoms with Crippen molar-refractivity contribution in [2.75, 3.05) is 19.7 Å². The van der Waals surface area contributed by atoms with Gasteiger partial charge in [0.05, 0.1) is 12.2 Å². The van der Waals surface area contributed by atoms with Gasteiger partial charge in [-0.1, -0.05) is 23.7 Å². The fraction of sp³-hybridized carbons (Fsp3) is 0.381. The number of carbonyl (C=O) groups is 2. The maximum Gasteiger partial charge on any atom is 0.348 e. The second-order valence-corrected chi connectivity index (χ2v) is 8.68. The van der Waals surface area contributed by atoms with Gasteiger partial charge < -0.3 is 9.64 Å². The Hall–Kier alpha value is -2.38. The van der Waals surface area contributed by atoms with Crippen LogP contribution in [-0.2, 0) is 16.1 Å². The lowest BCUT2D eigenvalue weighted by atomic mass is 10.1. The molecule has 1 fully saturated rings. The van der Waals surface area contributed by atoms with Crippen molar-refractivity contribution in [2.24, 2.45) is 0 Å². The van der Waals surface area contributed by atoms with Crippen LogP contribution in [0.25, 0.3) is 10.2 Å². The lowest BCUT2D eigenvalue weighted by Gasteiger charge is -2.26. The molecular weight excluding hydrogens is 410 g/mol. The Labute approximate surface area is 178 Å². The topological polar surface area (TPSA) is 64.4 Å². The van der Waals surface area contributed by atoms with Gasteiger partial charge in [-0.2, -0.15) is 5.10 Å². The molecule has 6 nitrogen and oxygen atoms in total. The number of hydrogen-bond donors (Lipinski definition) is 0. The zero-order valence-electron chi connectivity index (χ0n) is 16.2. The SMILES string of the molecule is Cc1nn(Cc2ccc(Cl)cc2)c2sc(C(=O)OCC(=O)N3CCCCC3)cc12. The largest absolute Gasteiger partial charge is 0.451 e. The van der Waals surface area contributed by atoms with Crippen molar-refractivity contribution < 1.29 is 14.3 Å². The number of benzene rings is 1. The number of likely N-dealkylation sites (tertiary alicyclic amines) is 1. The summed E-state index contributed by atoms with van der Waals surface area (Å²) in [5, 5.41) is 6.20. The van der Waals surface area contributed by atoms with Gasteiger partial charge in [0.2, 0.25) is 0 Å². The van der Waals surface area contributed by atoms with Crippen LogP contribution in [0.2, 0.25) is 5.02 Å². The summed E-state index contributed by atoms with van der Waals surface area (Å²) in [4.78, 5) is 27.9. The van der Waals surface area contributed by atoms with Gasteiger partial charge in [-0.3, -0.25) is 9.48 Å². The molecule has 1 amide bonds. The number of amides is 1. The lowest BCUT2D eigenvalue weighted by Crippen LogP contribution is -2.38. The Bertz CT molecular complexity index is 1040. The highest BCUT2D eigenvalue weighted by molar-refractivity contribution is 7.20. The quantitative estimate of drug-likeness (QED) is 0.565. The first-order chi connectivity index (χ1) is 14.0. The number of fused-ring (bicyclic) bond motifs is 1. The maximum absolute atomic E-state index is 12.5. The van der Waals surface area contributed by atoms with Gasteiger partial charge in [0.15, 0.2) is 6.61 Å². The molecule has 0 saturated carbocycles. The normalized spacial score (nSPS) is 14.3. The van der Waals surface area contributed by atoms with E-state index < -0.39 is 5.97 Å². The summed E-state index contributed by atoms with van der Waals surface area (Å²) in [7, 11) is 0. The monoisotopic (exact) mass is 431 g/mol. The van der Waals surface area contributed by atoms with E-state index in [1.165, 1.54) is 11.3 Å². The molecule has 0 N–H and O–H groups in total. The third kappa shape index (κ3) is 4.46. The number of halogens is 1. The van der Waals surface area contributed by atoms with E-state index in [0.717, 1.165) is 53.8 Å². The number of ether oxygens (including phenoxy) is 1. The van der Waals surface area contributed by atoms with Crippen LogP contribution in [0.15, 0.2) is 30.3 Å². The second kappa shape index (κ2) is 8.55. The van der Waals surface area contributed by atoms with Crippen LogP contribution in [0.4, 0.5) is 0 Å². The van der Waals surface area contributed by atoms with E-state index >= 15 is 0 Å². The molecule has 152 valence electrons. The molecule has 1 saturated heterocycles. The van der Waals surface area contributed by atoms with Crippen molar-refractivity contribution in [3.63, 3.8) is 0 Å². The Balaban J connectivity index is 1.46. The molecule has 0 radical (unpaired) electrons. The molecule has 3 aromatic rings. The molecule has 1 aromatic carbocycles. The number of aromatic nitrogens is 2. The van der Waals surface area contributed by atoms with E-state index in [4.69, 9.17) is 16.3 Å². The van der Waals surface area contributed by atoms with Gasteiger partial charge in [0, 0.05) is 23.5 Å². The van der Waals surface area contributed by atoms with Crippen LogP contribution in [0, 0.1) is 6.92 Å². The standard InChI is InChI=1S/C21H22ClN3O3S/c1-14-17-11-18(21(27)28-13-19(26)24-9-3-2-4-10-24)29-20(17)25(23-14)12-15-5-7-16(22)8-6-15/h5-8,11H,2-4,9-10,12-13H2,1H3. The summed E-state index contributed by atoms with van der Waals surface area (Å²) in [5.41, 5.74) is 1.93. The highest BCUT2D eigenvalue weighted by atomic mass is 35.5. The summed E-state index contributed by atoms with van der Waals surface area (Å²) >= 11 is 7.29. The van der Waals surface area contributed by atoms with E-state index in [1.54, 1.807) is 11.0 Å². The number of hydrogen-bond acceptors (Lipinski definition) is 5. The average Bonchev–Trinajstić information content (AvgIpc) is 3.30. The minimum atomic E-state index is -0.464. The predicted molar refractivity (Wildman–Crippen MR) is 114 cm³/mol. The summed E-state index contributed by atoms with van der Waals surface area (Å²) < 4.78 is 7.17. The van der Waals surface area contributed by atoms with Crippen molar-refractivity contribution >= 4 is 45.0 Å². The molecule has 8 heteroatoms. The molecule has 1 aliphatic rings. The van der Waals surface area contributed by atoms with E-state index in [2.05, 4.69) is 5.10 Å². The highest BCUT2D eigenvalue weighted by Gasteiger charge is 2.21. The van der Waals surface area contributed by atoms with Crippen LogP contribution < -0.4 is 0 Å². The number of carbonyl (C=O) groups excluding carboxylic acids is 2. The van der Waals surface area contributed by atoms with Crippen molar-refractivity contribution in [2.45, 2.75) is 32.7 Å². The number of aryl methyl sites for hydroxylation is 1. The molecule has 0 aliphatic carbocycles. The van der Waals surface area contributed by atoms with Crippen molar-refractivity contribution in [3.8, 4) is 0 Å². The first-order valence-electron chi connectivity index (χ1n) is 9.67. The summed E-state index contributed by atoms with van der Waals surface area (Å²) in [6, 6.07) is 9.41. The first-order valence-corrected chi connectivity index (χ1v) is 10.9. The van der Waals surface area contributed by atoms with Crippen LogP contribution in [0.5, 0.6) is 0 Å². The minimum Gasteiger partial charge on any atom is -0.451 e. The zero-order chi connectivity index (χ0) is 20.4. The number of piperidine rings is 1.